The summed E-state index contributed by atoms with van der Waals surface area (Å²) in [5.41, 5.74) is 1.27. The Kier molecular flexibility index (Phi) is 4.95. The summed E-state index contributed by atoms with van der Waals surface area (Å²) in [6.07, 6.45) is 1.61. The molecule has 2 aromatic rings. The molecule has 7 heteroatoms. The number of carbonyl (C=O) groups is 1. The van der Waals surface area contributed by atoms with Crippen molar-refractivity contribution in [3.05, 3.63) is 35.4 Å². The van der Waals surface area contributed by atoms with E-state index in [1.807, 2.05) is 6.92 Å². The van der Waals surface area contributed by atoms with Crippen molar-refractivity contribution in [2.75, 3.05) is 5.75 Å². The molecule has 0 atom stereocenters. The minimum Gasteiger partial charge on any atom is -0.481 e. The van der Waals surface area contributed by atoms with Gasteiger partial charge in [-0.3, -0.25) is 9.36 Å². The van der Waals surface area contributed by atoms with Crippen LogP contribution in [0.15, 0.2) is 23.4 Å². The number of carboxylic acid groups (broad SMARTS) is 1. The fourth-order valence-corrected chi connectivity index (χ4v) is 2.62. The maximum absolute atomic E-state index is 13.4. The van der Waals surface area contributed by atoms with E-state index in [1.54, 1.807) is 23.6 Å². The highest BCUT2D eigenvalue weighted by Crippen LogP contribution is 2.24. The van der Waals surface area contributed by atoms with Gasteiger partial charge in [-0.1, -0.05) is 18.7 Å². The smallest absolute Gasteiger partial charge is 0.313 e. The Morgan fingerprint density at radius 1 is 1.43 bits per heavy atom. The second-order valence-electron chi connectivity index (χ2n) is 4.60. The molecule has 0 aliphatic rings. The van der Waals surface area contributed by atoms with Gasteiger partial charge in [0, 0.05) is 12.1 Å². The van der Waals surface area contributed by atoms with Crippen molar-refractivity contribution in [2.45, 2.75) is 31.8 Å². The van der Waals surface area contributed by atoms with Crippen LogP contribution in [-0.2, 0) is 11.2 Å². The standard InChI is InChI=1S/C14H16FN3O2S/c1-3-4-12-16-17-14(21-8-13(19)20)18(12)10-5-6-11(15)9(2)7-10/h5-7H,3-4,8H2,1-2H3,(H,19,20). The normalized spacial score (nSPS) is 10.8. The molecule has 5 nitrogen and oxygen atoms in total. The maximum Gasteiger partial charge on any atom is 0.313 e. The van der Waals surface area contributed by atoms with Crippen molar-refractivity contribution in [2.24, 2.45) is 0 Å². The Morgan fingerprint density at radius 2 is 2.19 bits per heavy atom. The summed E-state index contributed by atoms with van der Waals surface area (Å²) in [5.74, 6) is -0.536. The fourth-order valence-electron chi connectivity index (χ4n) is 1.93. The summed E-state index contributed by atoms with van der Waals surface area (Å²) >= 11 is 1.10. The molecule has 0 saturated carbocycles. The lowest BCUT2D eigenvalue weighted by molar-refractivity contribution is -0.133. The Hall–Kier alpha value is -1.89. The van der Waals surface area contributed by atoms with Gasteiger partial charge >= 0.3 is 5.97 Å². The Labute approximate surface area is 126 Å². The van der Waals surface area contributed by atoms with Crippen molar-refractivity contribution in [3.63, 3.8) is 0 Å². The summed E-state index contributed by atoms with van der Waals surface area (Å²) in [7, 11) is 0. The molecule has 2 rings (SSSR count). The average molecular weight is 309 g/mol. The number of hydrogen-bond donors (Lipinski definition) is 1. The molecule has 0 fully saturated rings. The van der Waals surface area contributed by atoms with Crippen LogP contribution in [0.4, 0.5) is 4.39 Å². The van der Waals surface area contributed by atoms with Crippen LogP contribution in [0, 0.1) is 12.7 Å². The molecular weight excluding hydrogens is 293 g/mol. The highest BCUT2D eigenvalue weighted by molar-refractivity contribution is 7.99. The van der Waals surface area contributed by atoms with Gasteiger partial charge in [0.15, 0.2) is 5.16 Å². The topological polar surface area (TPSA) is 68.0 Å². The van der Waals surface area contributed by atoms with Crippen LogP contribution >= 0.6 is 11.8 Å². The number of aryl methyl sites for hydroxylation is 2. The molecule has 0 radical (unpaired) electrons. The Bertz CT molecular complexity index is 658. The predicted octanol–water partition coefficient (Wildman–Crippen LogP) is 2.84. The number of nitrogens with zero attached hydrogens (tertiary/aromatic N) is 3. The lowest BCUT2D eigenvalue weighted by Gasteiger charge is -2.10. The van der Waals surface area contributed by atoms with Crippen molar-refractivity contribution < 1.29 is 14.3 Å². The molecule has 0 spiro atoms. The fraction of sp³-hybridized carbons (Fsp3) is 0.357. The molecule has 0 saturated heterocycles. The van der Waals surface area contributed by atoms with Gasteiger partial charge in [0.25, 0.3) is 0 Å². The number of rotatable bonds is 6. The van der Waals surface area contributed by atoms with E-state index in [1.165, 1.54) is 6.07 Å². The van der Waals surface area contributed by atoms with Crippen molar-refractivity contribution in [3.8, 4) is 5.69 Å². The van der Waals surface area contributed by atoms with Gasteiger partial charge in [-0.2, -0.15) is 0 Å². The molecule has 1 N–H and O–H groups in total. The first kappa shape index (κ1) is 15.5. The highest BCUT2D eigenvalue weighted by Gasteiger charge is 2.15. The summed E-state index contributed by atoms with van der Waals surface area (Å²) < 4.78 is 15.2. The Morgan fingerprint density at radius 3 is 2.81 bits per heavy atom. The molecule has 112 valence electrons. The first-order valence-corrected chi connectivity index (χ1v) is 7.57. The molecule has 0 aliphatic heterocycles. The predicted molar refractivity (Wildman–Crippen MR) is 78.4 cm³/mol. The van der Waals surface area contributed by atoms with Crippen LogP contribution in [-0.4, -0.2) is 31.6 Å². The van der Waals surface area contributed by atoms with Crippen molar-refractivity contribution >= 4 is 17.7 Å². The largest absolute Gasteiger partial charge is 0.481 e. The van der Waals surface area contributed by atoms with Crippen LogP contribution in [0.5, 0.6) is 0 Å². The lowest BCUT2D eigenvalue weighted by Crippen LogP contribution is -2.05. The monoisotopic (exact) mass is 309 g/mol. The van der Waals surface area contributed by atoms with Gasteiger partial charge in [0.1, 0.15) is 11.6 Å². The third-order valence-electron chi connectivity index (χ3n) is 2.90. The van der Waals surface area contributed by atoms with E-state index >= 15 is 0 Å². The van der Waals surface area contributed by atoms with Gasteiger partial charge in [0.05, 0.1) is 5.75 Å². The average Bonchev–Trinajstić information content (AvgIpc) is 2.83. The number of hydrogen-bond acceptors (Lipinski definition) is 4. The zero-order chi connectivity index (χ0) is 15.4. The third kappa shape index (κ3) is 3.60. The zero-order valence-corrected chi connectivity index (χ0v) is 12.7. The zero-order valence-electron chi connectivity index (χ0n) is 11.8. The van der Waals surface area contributed by atoms with Crippen molar-refractivity contribution in [1.29, 1.82) is 0 Å². The van der Waals surface area contributed by atoms with Gasteiger partial charge in [-0.15, -0.1) is 10.2 Å². The second kappa shape index (κ2) is 6.71. The highest BCUT2D eigenvalue weighted by atomic mass is 32.2. The number of halogens is 1. The van der Waals surface area contributed by atoms with E-state index in [-0.39, 0.29) is 11.6 Å². The number of aliphatic carboxylic acids is 1. The molecule has 0 amide bonds. The number of benzene rings is 1. The molecule has 0 aliphatic carbocycles. The summed E-state index contributed by atoms with van der Waals surface area (Å²) in [6, 6.07) is 4.75. The van der Waals surface area contributed by atoms with Crippen LogP contribution in [0.1, 0.15) is 24.7 Å². The van der Waals surface area contributed by atoms with Crippen molar-refractivity contribution in [1.82, 2.24) is 14.8 Å². The summed E-state index contributed by atoms with van der Waals surface area (Å²) in [4.78, 5) is 10.7. The van der Waals surface area contributed by atoms with Gasteiger partial charge in [-0.25, -0.2) is 4.39 Å². The number of carboxylic acids is 1. The summed E-state index contributed by atoms with van der Waals surface area (Å²) in [6.45, 7) is 3.71. The van der Waals surface area contributed by atoms with E-state index in [9.17, 15) is 9.18 Å². The maximum atomic E-state index is 13.4. The molecular formula is C14H16FN3O2S. The summed E-state index contributed by atoms with van der Waals surface area (Å²) in [5, 5.41) is 17.5. The van der Waals surface area contributed by atoms with E-state index in [0.717, 1.165) is 36.1 Å². The molecule has 1 aromatic heterocycles. The first-order chi connectivity index (χ1) is 10.0. The third-order valence-corrected chi connectivity index (χ3v) is 3.81. The number of thioether (sulfide) groups is 1. The Balaban J connectivity index is 2.44. The SMILES string of the molecule is CCCc1nnc(SCC(=O)O)n1-c1ccc(F)c(C)c1. The lowest BCUT2D eigenvalue weighted by atomic mass is 10.2. The first-order valence-electron chi connectivity index (χ1n) is 6.58. The number of aromatic nitrogens is 3. The molecule has 0 unspecified atom stereocenters. The molecule has 1 heterocycles. The minimum absolute atomic E-state index is 0.0928. The van der Waals surface area contributed by atoms with E-state index in [0.29, 0.717) is 10.7 Å². The second-order valence-corrected chi connectivity index (χ2v) is 5.54. The van der Waals surface area contributed by atoms with E-state index in [4.69, 9.17) is 5.11 Å². The quantitative estimate of drug-likeness (QED) is 0.831. The molecule has 21 heavy (non-hydrogen) atoms. The van der Waals surface area contributed by atoms with Gasteiger partial charge in [0.2, 0.25) is 0 Å². The van der Waals surface area contributed by atoms with E-state index < -0.39 is 5.97 Å². The van der Waals surface area contributed by atoms with Gasteiger partial charge in [-0.05, 0) is 37.1 Å². The van der Waals surface area contributed by atoms with Crippen LogP contribution in [0.2, 0.25) is 0 Å². The minimum atomic E-state index is -0.915. The van der Waals surface area contributed by atoms with Gasteiger partial charge < -0.3 is 5.11 Å². The van der Waals surface area contributed by atoms with Crippen LogP contribution in [0.3, 0.4) is 0 Å². The molecule has 1 aromatic carbocycles. The molecule has 0 bridgehead atoms. The van der Waals surface area contributed by atoms with Crippen LogP contribution in [0.25, 0.3) is 5.69 Å². The van der Waals surface area contributed by atoms with Crippen LogP contribution < -0.4 is 0 Å². The van der Waals surface area contributed by atoms with E-state index in [2.05, 4.69) is 10.2 Å².